The van der Waals surface area contributed by atoms with Crippen molar-refractivity contribution in [1.29, 1.82) is 0 Å². The molecular formula is C11H17N7O2S. The Morgan fingerprint density at radius 1 is 1.33 bits per heavy atom. The van der Waals surface area contributed by atoms with Crippen LogP contribution in [0.5, 0.6) is 0 Å². The van der Waals surface area contributed by atoms with E-state index in [-0.39, 0.29) is 11.4 Å². The van der Waals surface area contributed by atoms with Gasteiger partial charge in [0.25, 0.3) is 0 Å². The van der Waals surface area contributed by atoms with E-state index in [0.717, 1.165) is 12.8 Å². The molecule has 21 heavy (non-hydrogen) atoms. The van der Waals surface area contributed by atoms with E-state index < -0.39 is 10.0 Å². The van der Waals surface area contributed by atoms with Gasteiger partial charge in [-0.15, -0.1) is 0 Å². The topological polar surface area (TPSA) is 128 Å². The zero-order valence-electron chi connectivity index (χ0n) is 11.5. The molecule has 0 radical (unpaired) electrons. The summed E-state index contributed by atoms with van der Waals surface area (Å²) in [5, 5.41) is 16.4. The van der Waals surface area contributed by atoms with Gasteiger partial charge < -0.3 is 5.32 Å². The Morgan fingerprint density at radius 2 is 2.14 bits per heavy atom. The fourth-order valence-electron chi connectivity index (χ4n) is 2.03. The van der Waals surface area contributed by atoms with E-state index in [1.807, 2.05) is 0 Å². The third-order valence-electron chi connectivity index (χ3n) is 3.26. The molecule has 1 aliphatic rings. The molecule has 1 aliphatic carbocycles. The van der Waals surface area contributed by atoms with Gasteiger partial charge in [-0.3, -0.25) is 10.2 Å². The van der Waals surface area contributed by atoms with Gasteiger partial charge in [-0.05, 0) is 19.8 Å². The summed E-state index contributed by atoms with van der Waals surface area (Å²) in [6, 6.07) is 0.486. The highest BCUT2D eigenvalue weighted by atomic mass is 32.2. The van der Waals surface area contributed by atoms with E-state index >= 15 is 0 Å². The second-order valence-corrected chi connectivity index (χ2v) is 6.74. The fraction of sp³-hybridized carbons (Fsp3) is 0.545. The molecule has 2 aromatic heterocycles. The molecule has 3 rings (SSSR count). The summed E-state index contributed by atoms with van der Waals surface area (Å²) < 4.78 is 27.4. The summed E-state index contributed by atoms with van der Waals surface area (Å²) in [7, 11) is -3.65. The third kappa shape index (κ3) is 3.28. The van der Waals surface area contributed by atoms with Crippen LogP contribution in [0.25, 0.3) is 0 Å². The smallest absolute Gasteiger partial charge is 0.244 e. The molecule has 4 N–H and O–H groups in total. The summed E-state index contributed by atoms with van der Waals surface area (Å²) in [5.41, 5.74) is 1.03. The Bertz CT molecular complexity index is 703. The Kier molecular flexibility index (Phi) is 3.74. The number of rotatable bonds is 7. The zero-order chi connectivity index (χ0) is 14.9. The highest BCUT2D eigenvalue weighted by molar-refractivity contribution is 7.89. The van der Waals surface area contributed by atoms with Crippen molar-refractivity contribution in [2.24, 2.45) is 0 Å². The molecule has 1 fully saturated rings. The van der Waals surface area contributed by atoms with Gasteiger partial charge in [0, 0.05) is 12.6 Å². The lowest BCUT2D eigenvalue weighted by Crippen LogP contribution is -2.26. The molecule has 0 aromatic carbocycles. The van der Waals surface area contributed by atoms with Crippen LogP contribution < -0.4 is 10.0 Å². The van der Waals surface area contributed by atoms with Crippen molar-refractivity contribution in [2.45, 2.75) is 43.8 Å². The van der Waals surface area contributed by atoms with Crippen molar-refractivity contribution in [3.63, 3.8) is 0 Å². The van der Waals surface area contributed by atoms with Gasteiger partial charge >= 0.3 is 0 Å². The maximum absolute atomic E-state index is 12.4. The first-order valence-corrected chi connectivity index (χ1v) is 8.15. The minimum absolute atomic E-state index is 0.0580. The molecule has 0 aliphatic heterocycles. The van der Waals surface area contributed by atoms with Gasteiger partial charge in [0.1, 0.15) is 17.0 Å². The molecule has 10 heteroatoms. The third-order valence-corrected chi connectivity index (χ3v) is 4.86. The zero-order valence-corrected chi connectivity index (χ0v) is 12.4. The van der Waals surface area contributed by atoms with Crippen LogP contribution in [0.15, 0.2) is 11.2 Å². The lowest BCUT2D eigenvalue weighted by atomic mass is 10.3. The van der Waals surface area contributed by atoms with Crippen molar-refractivity contribution in [1.82, 2.24) is 35.4 Å². The predicted octanol–water partition coefficient (Wildman–Crippen LogP) is -0.433. The number of nitrogens with zero attached hydrogens (tertiary/aromatic N) is 3. The Morgan fingerprint density at radius 3 is 2.81 bits per heavy atom. The minimum Gasteiger partial charge on any atom is -0.308 e. The molecule has 0 amide bonds. The normalized spacial score (nSPS) is 15.5. The van der Waals surface area contributed by atoms with Crippen LogP contribution >= 0.6 is 0 Å². The van der Waals surface area contributed by atoms with E-state index in [9.17, 15) is 8.42 Å². The van der Waals surface area contributed by atoms with Gasteiger partial charge in [-0.1, -0.05) is 0 Å². The summed E-state index contributed by atoms with van der Waals surface area (Å²) in [4.78, 5) is 4.09. The first-order chi connectivity index (χ1) is 10.1. The molecule has 9 nitrogen and oxygen atoms in total. The minimum atomic E-state index is -3.65. The van der Waals surface area contributed by atoms with Crippen molar-refractivity contribution < 1.29 is 8.42 Å². The highest BCUT2D eigenvalue weighted by Crippen LogP contribution is 2.22. The number of sulfonamides is 1. The maximum Gasteiger partial charge on any atom is 0.244 e. The predicted molar refractivity (Wildman–Crippen MR) is 73.6 cm³/mol. The van der Waals surface area contributed by atoms with Gasteiger partial charge in [-0.25, -0.2) is 18.1 Å². The van der Waals surface area contributed by atoms with Crippen molar-refractivity contribution in [3.8, 4) is 0 Å². The summed E-state index contributed by atoms with van der Waals surface area (Å²) in [5.74, 6) is 0.456. The molecule has 2 aromatic rings. The molecule has 0 spiro atoms. The molecule has 1 saturated carbocycles. The Hall–Kier alpha value is -1.78. The van der Waals surface area contributed by atoms with Crippen molar-refractivity contribution >= 4 is 10.0 Å². The standard InChI is InChI=1S/C11H17N7O2S/c1-7-11(9(17-16-7)4-12-8-2-3-8)21(19,20)15-5-10-13-6-14-18-10/h6,8,12,15H,2-5H2,1H3,(H,16,17)(H,13,14,18). The monoisotopic (exact) mass is 311 g/mol. The number of nitrogens with one attached hydrogen (secondary N) is 4. The van der Waals surface area contributed by atoms with Crippen LogP contribution in [0.4, 0.5) is 0 Å². The van der Waals surface area contributed by atoms with E-state index in [0.29, 0.717) is 29.8 Å². The fourth-order valence-corrected chi connectivity index (χ4v) is 3.37. The SMILES string of the molecule is Cc1[nH]nc(CNC2CC2)c1S(=O)(=O)NCc1ncn[nH]1. The van der Waals surface area contributed by atoms with Crippen LogP contribution in [0.2, 0.25) is 0 Å². The molecule has 0 saturated heterocycles. The molecule has 2 heterocycles. The largest absolute Gasteiger partial charge is 0.308 e. The van der Waals surface area contributed by atoms with Gasteiger partial charge in [0.05, 0.1) is 17.9 Å². The molecular weight excluding hydrogens is 294 g/mol. The van der Waals surface area contributed by atoms with Gasteiger partial charge in [0.2, 0.25) is 10.0 Å². The van der Waals surface area contributed by atoms with Crippen molar-refractivity contribution in [2.75, 3.05) is 0 Å². The van der Waals surface area contributed by atoms with Crippen LogP contribution in [0, 0.1) is 6.92 Å². The summed E-state index contributed by atoms with van der Waals surface area (Å²) in [6.45, 7) is 2.19. The van der Waals surface area contributed by atoms with E-state index in [1.165, 1.54) is 6.33 Å². The number of aromatic nitrogens is 5. The first-order valence-electron chi connectivity index (χ1n) is 6.67. The molecule has 0 atom stereocenters. The summed E-state index contributed by atoms with van der Waals surface area (Å²) >= 11 is 0. The Labute approximate surface area is 122 Å². The highest BCUT2D eigenvalue weighted by Gasteiger charge is 2.26. The van der Waals surface area contributed by atoms with Crippen LogP contribution in [0.3, 0.4) is 0 Å². The van der Waals surface area contributed by atoms with Crippen LogP contribution in [0.1, 0.15) is 30.1 Å². The number of H-pyrrole nitrogens is 2. The molecule has 114 valence electrons. The second-order valence-electron chi connectivity index (χ2n) is 5.04. The summed E-state index contributed by atoms with van der Waals surface area (Å²) in [6.07, 6.45) is 3.60. The van der Waals surface area contributed by atoms with E-state index in [4.69, 9.17) is 0 Å². The average molecular weight is 311 g/mol. The lowest BCUT2D eigenvalue weighted by molar-refractivity contribution is 0.575. The number of hydrogen-bond acceptors (Lipinski definition) is 6. The first kappa shape index (κ1) is 14.2. The number of aryl methyl sites for hydroxylation is 1. The average Bonchev–Trinajstić information content (AvgIpc) is 2.97. The van der Waals surface area contributed by atoms with Crippen molar-refractivity contribution in [3.05, 3.63) is 23.5 Å². The second kappa shape index (κ2) is 5.54. The van der Waals surface area contributed by atoms with Crippen LogP contribution in [-0.2, 0) is 23.1 Å². The Balaban J connectivity index is 1.75. The lowest BCUT2D eigenvalue weighted by Gasteiger charge is -2.07. The van der Waals surface area contributed by atoms with E-state index in [2.05, 4.69) is 35.4 Å². The maximum atomic E-state index is 12.4. The van der Waals surface area contributed by atoms with E-state index in [1.54, 1.807) is 6.92 Å². The van der Waals surface area contributed by atoms with Crippen LogP contribution in [-0.4, -0.2) is 39.8 Å². The molecule has 0 bridgehead atoms. The van der Waals surface area contributed by atoms with Gasteiger partial charge in [0.15, 0.2) is 0 Å². The number of hydrogen-bond donors (Lipinski definition) is 4. The quantitative estimate of drug-likeness (QED) is 0.549. The number of aromatic amines is 2. The van der Waals surface area contributed by atoms with Gasteiger partial charge in [-0.2, -0.15) is 10.2 Å². The molecule has 0 unspecified atom stereocenters.